The van der Waals surface area contributed by atoms with E-state index in [0.29, 0.717) is 11.1 Å². The van der Waals surface area contributed by atoms with Crippen molar-refractivity contribution in [2.24, 2.45) is 0 Å². The molecule has 0 spiro atoms. The maximum atomic E-state index is 12.0. The quantitative estimate of drug-likeness (QED) is 0.383. The van der Waals surface area contributed by atoms with E-state index in [-0.39, 0.29) is 17.3 Å². The molecule has 2 rings (SSSR count). The van der Waals surface area contributed by atoms with Crippen LogP contribution < -0.4 is 20.3 Å². The van der Waals surface area contributed by atoms with Gasteiger partial charge in [0, 0.05) is 11.1 Å². The smallest absolute Gasteiger partial charge is 0.344 e. The number of methoxy groups -OCH3 is 1. The van der Waals surface area contributed by atoms with E-state index < -0.39 is 30.5 Å². The first-order valence-corrected chi connectivity index (χ1v) is 8.98. The van der Waals surface area contributed by atoms with Gasteiger partial charge in [0.05, 0.1) is 7.11 Å². The van der Waals surface area contributed by atoms with Gasteiger partial charge in [-0.3, -0.25) is 25.2 Å². The number of hydrogen-bond acceptors (Lipinski definition) is 7. The molecule has 0 bridgehead atoms. The second kappa shape index (κ2) is 10.6. The summed E-state index contributed by atoms with van der Waals surface area (Å²) in [6, 6.07) is 12.8. The largest absolute Gasteiger partial charge is 0.493 e. The molecule has 0 unspecified atom stereocenters. The van der Waals surface area contributed by atoms with Gasteiger partial charge in [-0.25, -0.2) is 4.79 Å². The molecule has 9 heteroatoms. The minimum Gasteiger partial charge on any atom is -0.493 e. The Balaban J connectivity index is 1.82. The first kappa shape index (κ1) is 22.4. The van der Waals surface area contributed by atoms with E-state index in [2.05, 4.69) is 10.9 Å². The topological polar surface area (TPSA) is 120 Å². The number of rotatable bonds is 8. The molecular weight excluding hydrogens is 392 g/mol. The highest BCUT2D eigenvalue weighted by Gasteiger charge is 2.19. The molecule has 0 aliphatic heterocycles. The number of benzene rings is 2. The summed E-state index contributed by atoms with van der Waals surface area (Å²) in [5.74, 6) is -1.64. The average Bonchev–Trinajstić information content (AvgIpc) is 2.75. The van der Waals surface area contributed by atoms with Gasteiger partial charge in [0.1, 0.15) is 0 Å². The van der Waals surface area contributed by atoms with Crippen molar-refractivity contribution in [3.8, 4) is 11.5 Å². The Morgan fingerprint density at radius 3 is 2.27 bits per heavy atom. The van der Waals surface area contributed by atoms with Crippen LogP contribution in [0.2, 0.25) is 0 Å². The van der Waals surface area contributed by atoms with Crippen molar-refractivity contribution < 1.29 is 33.4 Å². The summed E-state index contributed by atoms with van der Waals surface area (Å²) in [6.45, 7) is 2.29. The number of carbonyl (C=O) groups excluding carboxylic acids is 4. The van der Waals surface area contributed by atoms with Crippen molar-refractivity contribution in [1.82, 2.24) is 10.9 Å². The maximum absolute atomic E-state index is 12.0. The van der Waals surface area contributed by atoms with E-state index in [1.54, 1.807) is 30.3 Å². The predicted molar refractivity (Wildman–Crippen MR) is 106 cm³/mol. The van der Waals surface area contributed by atoms with Crippen molar-refractivity contribution in [2.45, 2.75) is 20.0 Å². The summed E-state index contributed by atoms with van der Waals surface area (Å²) in [6.07, 6.45) is -1.17. The number of nitrogens with one attached hydrogen (secondary N) is 2. The van der Waals surface area contributed by atoms with Crippen LogP contribution in [0.3, 0.4) is 0 Å². The van der Waals surface area contributed by atoms with Crippen LogP contribution in [-0.2, 0) is 14.3 Å². The van der Waals surface area contributed by atoms with Crippen molar-refractivity contribution >= 4 is 23.6 Å². The number of carbonyl (C=O) groups is 4. The molecule has 0 radical (unpaired) electrons. The molecule has 0 aromatic heterocycles. The number of amides is 2. The summed E-state index contributed by atoms with van der Waals surface area (Å²) < 4.78 is 15.5. The first-order chi connectivity index (χ1) is 14.3. The van der Waals surface area contributed by atoms with Crippen molar-refractivity contribution in [3.63, 3.8) is 0 Å². The Morgan fingerprint density at radius 2 is 1.63 bits per heavy atom. The van der Waals surface area contributed by atoms with Crippen LogP contribution in [0, 0.1) is 0 Å². The van der Waals surface area contributed by atoms with E-state index >= 15 is 0 Å². The lowest BCUT2D eigenvalue weighted by Gasteiger charge is -2.15. The standard InChI is InChI=1S/C21H22N2O7/c1-13(24)16-9-10-17(18(11-16)28-3)29-12-19(25)30-14(2)20(26)22-23-21(27)15-7-5-4-6-8-15/h4-11,14H,12H2,1-3H3,(H,22,26)(H,23,27)/t14-/m0/s1. The number of ketones is 1. The molecule has 30 heavy (non-hydrogen) atoms. The number of ether oxygens (including phenoxy) is 3. The zero-order valence-electron chi connectivity index (χ0n) is 16.8. The zero-order valence-corrected chi connectivity index (χ0v) is 16.8. The number of hydrogen-bond donors (Lipinski definition) is 2. The molecule has 158 valence electrons. The van der Waals surface area contributed by atoms with Crippen LogP contribution in [-0.4, -0.2) is 43.4 Å². The van der Waals surface area contributed by atoms with Crippen LogP contribution in [0.25, 0.3) is 0 Å². The van der Waals surface area contributed by atoms with Gasteiger partial charge in [0.25, 0.3) is 11.8 Å². The Bertz CT molecular complexity index is 928. The fourth-order valence-corrected chi connectivity index (χ4v) is 2.31. The Hall–Kier alpha value is -3.88. The molecule has 1 atom stereocenters. The summed E-state index contributed by atoms with van der Waals surface area (Å²) in [7, 11) is 1.40. The van der Waals surface area contributed by atoms with Crippen LogP contribution in [0.4, 0.5) is 0 Å². The lowest BCUT2D eigenvalue weighted by Crippen LogP contribution is -2.47. The van der Waals surface area contributed by atoms with Gasteiger partial charge < -0.3 is 14.2 Å². The number of hydrazine groups is 1. The molecule has 0 aliphatic carbocycles. The Morgan fingerprint density at radius 1 is 0.933 bits per heavy atom. The fraction of sp³-hybridized carbons (Fsp3) is 0.238. The summed E-state index contributed by atoms with van der Waals surface area (Å²) in [4.78, 5) is 47.3. The fourth-order valence-electron chi connectivity index (χ4n) is 2.31. The lowest BCUT2D eigenvalue weighted by molar-refractivity contribution is -0.156. The van der Waals surface area contributed by atoms with Gasteiger partial charge in [0.15, 0.2) is 30.0 Å². The molecule has 0 aliphatic rings. The van der Waals surface area contributed by atoms with Gasteiger partial charge >= 0.3 is 5.97 Å². The molecular formula is C21H22N2O7. The highest BCUT2D eigenvalue weighted by molar-refractivity contribution is 5.96. The minimum atomic E-state index is -1.17. The molecule has 2 aromatic rings. The van der Waals surface area contributed by atoms with Crippen molar-refractivity contribution in [2.75, 3.05) is 13.7 Å². The highest BCUT2D eigenvalue weighted by atomic mass is 16.6. The van der Waals surface area contributed by atoms with Crippen LogP contribution >= 0.6 is 0 Å². The van der Waals surface area contributed by atoms with E-state index in [0.717, 1.165) is 0 Å². The summed E-state index contributed by atoms with van der Waals surface area (Å²) in [5, 5.41) is 0. The number of esters is 1. The second-order valence-corrected chi connectivity index (χ2v) is 6.15. The monoisotopic (exact) mass is 414 g/mol. The SMILES string of the molecule is COc1cc(C(C)=O)ccc1OCC(=O)O[C@@H](C)C(=O)NNC(=O)c1ccccc1. The van der Waals surface area contributed by atoms with Crippen molar-refractivity contribution in [3.05, 3.63) is 59.7 Å². The molecule has 0 saturated carbocycles. The van der Waals surface area contributed by atoms with Gasteiger partial charge in [-0.1, -0.05) is 18.2 Å². The number of Topliss-reactive ketones (excluding diaryl/α,β-unsaturated/α-hetero) is 1. The summed E-state index contributed by atoms with van der Waals surface area (Å²) in [5.41, 5.74) is 5.22. The van der Waals surface area contributed by atoms with E-state index in [4.69, 9.17) is 14.2 Å². The molecule has 2 aromatic carbocycles. The minimum absolute atomic E-state index is 0.140. The first-order valence-electron chi connectivity index (χ1n) is 8.98. The molecule has 0 heterocycles. The molecule has 2 amide bonds. The van der Waals surface area contributed by atoms with Gasteiger partial charge in [-0.05, 0) is 44.2 Å². The van der Waals surface area contributed by atoms with Crippen LogP contribution in [0.5, 0.6) is 11.5 Å². The normalized spacial score (nSPS) is 11.0. The Labute approximate surface area is 173 Å². The molecule has 0 fully saturated rings. The third-order valence-corrected chi connectivity index (χ3v) is 3.93. The van der Waals surface area contributed by atoms with Crippen LogP contribution in [0.15, 0.2) is 48.5 Å². The van der Waals surface area contributed by atoms with Gasteiger partial charge in [0.2, 0.25) is 0 Å². The van der Waals surface area contributed by atoms with E-state index in [1.165, 1.54) is 39.2 Å². The average molecular weight is 414 g/mol. The second-order valence-electron chi connectivity index (χ2n) is 6.15. The van der Waals surface area contributed by atoms with Gasteiger partial charge in [-0.15, -0.1) is 0 Å². The highest BCUT2D eigenvalue weighted by Crippen LogP contribution is 2.28. The third kappa shape index (κ3) is 6.33. The van der Waals surface area contributed by atoms with E-state index in [9.17, 15) is 19.2 Å². The molecule has 2 N–H and O–H groups in total. The third-order valence-electron chi connectivity index (χ3n) is 3.93. The lowest BCUT2D eigenvalue weighted by atomic mass is 10.1. The van der Waals surface area contributed by atoms with E-state index in [1.807, 2.05) is 0 Å². The summed E-state index contributed by atoms with van der Waals surface area (Å²) >= 11 is 0. The molecule has 0 saturated heterocycles. The van der Waals surface area contributed by atoms with Gasteiger partial charge in [-0.2, -0.15) is 0 Å². The Kier molecular flexibility index (Phi) is 7.92. The maximum Gasteiger partial charge on any atom is 0.344 e. The predicted octanol–water partition coefficient (Wildman–Crippen LogP) is 1.67. The molecule has 9 nitrogen and oxygen atoms in total. The zero-order chi connectivity index (χ0) is 22.1. The van der Waals surface area contributed by atoms with Crippen molar-refractivity contribution in [1.29, 1.82) is 0 Å². The van der Waals surface area contributed by atoms with Crippen LogP contribution in [0.1, 0.15) is 34.6 Å².